The molecular formula is C22H22FNO4. The van der Waals surface area contributed by atoms with E-state index in [1.165, 1.54) is 17.0 Å². The monoisotopic (exact) mass is 383 g/mol. The summed E-state index contributed by atoms with van der Waals surface area (Å²) in [6, 6.07) is 10.9. The number of esters is 1. The quantitative estimate of drug-likeness (QED) is 0.827. The average molecular weight is 383 g/mol. The number of rotatable bonds is 3. The summed E-state index contributed by atoms with van der Waals surface area (Å²) in [5, 5.41) is 11.2. The van der Waals surface area contributed by atoms with Crippen molar-refractivity contribution < 1.29 is 23.8 Å². The Kier molecular flexibility index (Phi) is 4.46. The van der Waals surface area contributed by atoms with Gasteiger partial charge >= 0.3 is 5.97 Å². The summed E-state index contributed by atoms with van der Waals surface area (Å²) in [6.07, 6.45) is 0.701. The highest BCUT2D eigenvalue weighted by atomic mass is 19.1. The molecule has 0 saturated heterocycles. The van der Waals surface area contributed by atoms with E-state index in [2.05, 4.69) is 0 Å². The predicted octanol–water partition coefficient (Wildman–Crippen LogP) is 3.11. The Morgan fingerprint density at radius 1 is 1.32 bits per heavy atom. The highest BCUT2D eigenvalue weighted by molar-refractivity contribution is 6.00. The molecule has 6 heteroatoms. The van der Waals surface area contributed by atoms with Crippen LogP contribution in [0, 0.1) is 5.82 Å². The van der Waals surface area contributed by atoms with Crippen LogP contribution < -0.4 is 0 Å². The van der Waals surface area contributed by atoms with Crippen LogP contribution in [0.2, 0.25) is 0 Å². The van der Waals surface area contributed by atoms with Gasteiger partial charge in [-0.1, -0.05) is 24.3 Å². The van der Waals surface area contributed by atoms with Gasteiger partial charge in [0.15, 0.2) is 5.72 Å². The van der Waals surface area contributed by atoms with Crippen LogP contribution in [0.25, 0.3) is 0 Å². The number of amides is 1. The molecule has 146 valence electrons. The van der Waals surface area contributed by atoms with Crippen molar-refractivity contribution in [2.24, 2.45) is 0 Å². The maximum atomic E-state index is 13.8. The number of halogens is 1. The summed E-state index contributed by atoms with van der Waals surface area (Å²) in [4.78, 5) is 27.1. The lowest BCUT2D eigenvalue weighted by Gasteiger charge is -2.41. The molecule has 1 unspecified atom stereocenters. The van der Waals surface area contributed by atoms with E-state index >= 15 is 0 Å². The van der Waals surface area contributed by atoms with Gasteiger partial charge in [0.05, 0.1) is 12.5 Å². The third-order valence-corrected chi connectivity index (χ3v) is 5.74. The number of fused-ring (bicyclic) bond motifs is 2. The number of aliphatic hydroxyl groups is 1. The van der Waals surface area contributed by atoms with Gasteiger partial charge in [-0.15, -0.1) is 0 Å². The summed E-state index contributed by atoms with van der Waals surface area (Å²) in [6.45, 7) is 3.53. The number of hydrogen-bond donors (Lipinski definition) is 1. The van der Waals surface area contributed by atoms with Crippen LogP contribution in [0.5, 0.6) is 0 Å². The van der Waals surface area contributed by atoms with Crippen molar-refractivity contribution in [2.75, 3.05) is 6.61 Å². The third kappa shape index (κ3) is 2.79. The van der Waals surface area contributed by atoms with Crippen molar-refractivity contribution in [3.8, 4) is 0 Å². The van der Waals surface area contributed by atoms with Crippen molar-refractivity contribution in [3.05, 3.63) is 70.5 Å². The van der Waals surface area contributed by atoms with Crippen LogP contribution in [0.15, 0.2) is 42.5 Å². The van der Waals surface area contributed by atoms with E-state index in [0.717, 1.165) is 5.56 Å². The zero-order valence-corrected chi connectivity index (χ0v) is 15.8. The van der Waals surface area contributed by atoms with Crippen LogP contribution in [-0.2, 0) is 21.7 Å². The maximum absolute atomic E-state index is 13.8. The number of ether oxygens (including phenoxy) is 1. The summed E-state index contributed by atoms with van der Waals surface area (Å²) >= 11 is 0. The van der Waals surface area contributed by atoms with Crippen molar-refractivity contribution >= 4 is 11.9 Å². The zero-order chi connectivity index (χ0) is 20.1. The van der Waals surface area contributed by atoms with Crippen LogP contribution in [0.3, 0.4) is 0 Å². The predicted molar refractivity (Wildman–Crippen MR) is 100 cm³/mol. The van der Waals surface area contributed by atoms with Gasteiger partial charge in [0.25, 0.3) is 5.91 Å². The average Bonchev–Trinajstić information content (AvgIpc) is 2.87. The Morgan fingerprint density at radius 2 is 2.07 bits per heavy atom. The second kappa shape index (κ2) is 6.71. The molecule has 1 aliphatic carbocycles. The fraction of sp³-hybridized carbons (Fsp3) is 0.364. The van der Waals surface area contributed by atoms with E-state index in [1.54, 1.807) is 44.2 Å². The standard InChI is InChI=1S/C22H22FNO4/c1-3-28-21(26)18-12-15(10-13-8-9-14(23)11-17(13)18)24-20(25)16-6-4-5-7-19(16)22(24,2)27/h4-9,11,15,18,27H,3,10,12H2,1-2H3/t15-,18+,22?/m0/s1. The van der Waals surface area contributed by atoms with Crippen molar-refractivity contribution in [1.82, 2.24) is 4.90 Å². The summed E-state index contributed by atoms with van der Waals surface area (Å²) in [5.74, 6) is -1.80. The second-order valence-corrected chi connectivity index (χ2v) is 7.48. The number of carbonyl (C=O) groups excluding carboxylic acids is 2. The Bertz CT molecular complexity index is 955. The molecule has 0 radical (unpaired) electrons. The lowest BCUT2D eigenvalue weighted by atomic mass is 9.79. The van der Waals surface area contributed by atoms with E-state index in [9.17, 15) is 19.1 Å². The normalized spacial score (nSPS) is 26.0. The van der Waals surface area contributed by atoms with E-state index in [-0.39, 0.29) is 18.9 Å². The van der Waals surface area contributed by atoms with Crippen LogP contribution in [-0.4, -0.2) is 34.5 Å². The molecule has 0 aromatic heterocycles. The molecule has 1 amide bonds. The minimum absolute atomic E-state index is 0.219. The molecule has 3 atom stereocenters. The number of hydrogen-bond acceptors (Lipinski definition) is 4. The molecule has 0 saturated carbocycles. The minimum atomic E-state index is -1.48. The first-order chi connectivity index (χ1) is 13.3. The molecule has 28 heavy (non-hydrogen) atoms. The van der Waals surface area contributed by atoms with Gasteiger partial charge < -0.3 is 14.7 Å². The Morgan fingerprint density at radius 3 is 2.79 bits per heavy atom. The van der Waals surface area contributed by atoms with Crippen molar-refractivity contribution in [3.63, 3.8) is 0 Å². The second-order valence-electron chi connectivity index (χ2n) is 7.48. The molecular weight excluding hydrogens is 361 g/mol. The zero-order valence-electron chi connectivity index (χ0n) is 15.8. The molecule has 0 spiro atoms. The van der Waals surface area contributed by atoms with Crippen LogP contribution in [0.1, 0.15) is 53.2 Å². The fourth-order valence-electron chi connectivity index (χ4n) is 4.54. The highest BCUT2D eigenvalue weighted by Gasteiger charge is 2.50. The molecule has 2 aliphatic rings. The van der Waals surface area contributed by atoms with Gasteiger partial charge in [-0.2, -0.15) is 0 Å². The molecule has 2 aromatic carbocycles. The van der Waals surface area contributed by atoms with Crippen LogP contribution >= 0.6 is 0 Å². The largest absolute Gasteiger partial charge is 0.466 e. The SMILES string of the molecule is CCOC(=O)[C@@H]1C[C@@H](N2C(=O)c3ccccc3C2(C)O)Cc2ccc(F)cc21. The Balaban J connectivity index is 1.75. The molecule has 1 N–H and O–H groups in total. The van der Waals surface area contributed by atoms with E-state index in [0.29, 0.717) is 23.1 Å². The summed E-state index contributed by atoms with van der Waals surface area (Å²) in [7, 11) is 0. The number of carbonyl (C=O) groups is 2. The first kappa shape index (κ1) is 18.6. The molecule has 0 fully saturated rings. The topological polar surface area (TPSA) is 66.8 Å². The minimum Gasteiger partial charge on any atom is -0.466 e. The molecule has 0 bridgehead atoms. The summed E-state index contributed by atoms with van der Waals surface area (Å²) < 4.78 is 19.0. The van der Waals surface area contributed by atoms with E-state index < -0.39 is 29.5 Å². The van der Waals surface area contributed by atoms with Gasteiger partial charge in [0, 0.05) is 17.2 Å². The Labute approximate surface area is 162 Å². The van der Waals surface area contributed by atoms with Gasteiger partial charge in [-0.25, -0.2) is 4.39 Å². The molecule has 2 aromatic rings. The molecule has 5 nitrogen and oxygen atoms in total. The van der Waals surface area contributed by atoms with E-state index in [4.69, 9.17) is 4.74 Å². The molecule has 1 aliphatic heterocycles. The van der Waals surface area contributed by atoms with Gasteiger partial charge in [-0.3, -0.25) is 9.59 Å². The first-order valence-corrected chi connectivity index (χ1v) is 9.45. The number of benzene rings is 2. The molecule has 1 heterocycles. The fourth-order valence-corrected chi connectivity index (χ4v) is 4.54. The highest BCUT2D eigenvalue weighted by Crippen LogP contribution is 2.43. The smallest absolute Gasteiger partial charge is 0.313 e. The first-order valence-electron chi connectivity index (χ1n) is 9.45. The van der Waals surface area contributed by atoms with Crippen molar-refractivity contribution in [2.45, 2.75) is 44.4 Å². The van der Waals surface area contributed by atoms with E-state index in [1.807, 2.05) is 0 Å². The summed E-state index contributed by atoms with van der Waals surface area (Å²) in [5.41, 5.74) is 0.922. The van der Waals surface area contributed by atoms with Gasteiger partial charge in [0.1, 0.15) is 5.82 Å². The van der Waals surface area contributed by atoms with Crippen molar-refractivity contribution in [1.29, 1.82) is 0 Å². The lowest BCUT2D eigenvalue weighted by Crippen LogP contribution is -2.51. The van der Waals surface area contributed by atoms with Crippen LogP contribution in [0.4, 0.5) is 4.39 Å². The third-order valence-electron chi connectivity index (χ3n) is 5.74. The van der Waals surface area contributed by atoms with Gasteiger partial charge in [0.2, 0.25) is 0 Å². The number of nitrogens with zero attached hydrogens (tertiary/aromatic N) is 1. The lowest BCUT2D eigenvalue weighted by molar-refractivity contribution is -0.147. The van der Waals surface area contributed by atoms with Gasteiger partial charge in [-0.05, 0) is 56.0 Å². The molecule has 4 rings (SSSR count). The Hall–Kier alpha value is -2.73. The maximum Gasteiger partial charge on any atom is 0.313 e.